The number of ketones is 1. The van der Waals surface area contributed by atoms with Crippen molar-refractivity contribution in [2.24, 2.45) is 11.8 Å². The number of carbonyl (C=O) groups is 5. The molecule has 2 aromatic rings. The van der Waals surface area contributed by atoms with E-state index in [1.54, 1.807) is 33.9 Å². The van der Waals surface area contributed by atoms with Crippen molar-refractivity contribution in [1.29, 1.82) is 0 Å². The summed E-state index contributed by atoms with van der Waals surface area (Å²) in [6, 6.07) is 6.02. The molecule has 0 radical (unpaired) electrons. The molecule has 1 aromatic heterocycles. The number of carbonyl (C=O) groups excluding carboxylic acids is 5. The van der Waals surface area contributed by atoms with Gasteiger partial charge in [-0.1, -0.05) is 58.0 Å². The Hall–Kier alpha value is -3.80. The van der Waals surface area contributed by atoms with E-state index in [0.717, 1.165) is 16.0 Å². The number of amides is 4. The highest BCUT2D eigenvalue weighted by atomic mass is 32.1. The molecule has 4 N–H and O–H groups in total. The maximum Gasteiger partial charge on any atom is 0.408 e. The topological polar surface area (TPSA) is 156 Å². The van der Waals surface area contributed by atoms with Crippen LogP contribution in [0.1, 0.15) is 43.7 Å². The lowest BCUT2D eigenvalue weighted by Gasteiger charge is -2.28. The molecule has 0 saturated carbocycles. The Labute approximate surface area is 231 Å². The van der Waals surface area contributed by atoms with E-state index in [-0.39, 0.29) is 24.9 Å². The van der Waals surface area contributed by atoms with E-state index >= 15 is 0 Å². The highest BCUT2D eigenvalue weighted by Gasteiger charge is 2.35. The summed E-state index contributed by atoms with van der Waals surface area (Å²) in [7, 11) is 0. The number of ether oxygens (including phenoxy) is 1. The van der Waals surface area contributed by atoms with Crippen molar-refractivity contribution in [2.75, 3.05) is 6.54 Å². The molecule has 4 amide bonds. The van der Waals surface area contributed by atoms with Gasteiger partial charge in [-0.25, -0.2) is 9.17 Å². The molecule has 0 spiro atoms. The lowest BCUT2D eigenvalue weighted by Crippen LogP contribution is -2.59. The lowest BCUT2D eigenvalue weighted by molar-refractivity contribution is -0.140. The molecule has 0 aliphatic carbocycles. The van der Waals surface area contributed by atoms with Gasteiger partial charge in [-0.3, -0.25) is 19.2 Å². The number of Topliss-reactive ketones (excluding diaryl/α,β-unsaturated/α-hetero) is 1. The predicted molar refractivity (Wildman–Crippen MR) is 145 cm³/mol. The molecular formula is C27H35N5O6S. The summed E-state index contributed by atoms with van der Waals surface area (Å²) < 4.78 is 9.42. The molecule has 1 aliphatic heterocycles. The largest absolute Gasteiger partial charge is 0.445 e. The molecule has 1 aromatic carbocycles. The number of nitrogens with zero attached hydrogens (tertiary/aromatic N) is 1. The van der Waals surface area contributed by atoms with E-state index < -0.39 is 47.7 Å². The number of fused-ring (bicyclic) bond motifs is 1. The standard InChI is InChI=1S/C27H35N5O6S/c1-15(2)21(24(34)30-19-12-20-18(13-29-39-20)10-11-28-26(36)23(19)33)31-25(35)22(16(3)4)32-27(37)38-14-17-8-6-5-7-9-17/h5-9,13,15-16,19,21-22H,10-12,14H2,1-4H3,(H,28,36)(H,30,34)(H,31,35)(H,32,37). The third kappa shape index (κ3) is 8.34. The first-order valence-corrected chi connectivity index (χ1v) is 13.7. The van der Waals surface area contributed by atoms with Gasteiger partial charge in [-0.05, 0) is 40.9 Å². The summed E-state index contributed by atoms with van der Waals surface area (Å²) >= 11 is 1.22. The van der Waals surface area contributed by atoms with Gasteiger partial charge in [0.2, 0.25) is 17.6 Å². The first-order valence-electron chi connectivity index (χ1n) is 12.9. The van der Waals surface area contributed by atoms with Crippen LogP contribution in [0.25, 0.3) is 0 Å². The molecule has 3 unspecified atom stereocenters. The van der Waals surface area contributed by atoms with Gasteiger partial charge in [0.25, 0.3) is 5.91 Å². The second-order valence-corrected chi connectivity index (χ2v) is 11.0. The average molecular weight is 558 g/mol. The smallest absolute Gasteiger partial charge is 0.408 e. The summed E-state index contributed by atoms with van der Waals surface area (Å²) in [5.74, 6) is -3.38. The van der Waals surface area contributed by atoms with Gasteiger partial charge in [0.1, 0.15) is 24.7 Å². The van der Waals surface area contributed by atoms with Crippen LogP contribution in [0, 0.1) is 11.8 Å². The quantitative estimate of drug-likeness (QED) is 0.341. The van der Waals surface area contributed by atoms with Gasteiger partial charge in [0.15, 0.2) is 0 Å². The molecule has 0 bridgehead atoms. The van der Waals surface area contributed by atoms with Crippen molar-refractivity contribution in [3.63, 3.8) is 0 Å². The van der Waals surface area contributed by atoms with E-state index in [4.69, 9.17) is 4.74 Å². The van der Waals surface area contributed by atoms with E-state index in [2.05, 4.69) is 25.6 Å². The van der Waals surface area contributed by atoms with Gasteiger partial charge >= 0.3 is 6.09 Å². The molecule has 12 heteroatoms. The SMILES string of the molecule is CC(C)C(NC(=O)OCc1ccccc1)C(=O)NC(C(=O)NC1Cc2sncc2CCNC(=O)C1=O)C(C)C. The van der Waals surface area contributed by atoms with Crippen molar-refractivity contribution >= 4 is 41.1 Å². The lowest BCUT2D eigenvalue weighted by atomic mass is 9.98. The Kier molecular flexibility index (Phi) is 10.6. The van der Waals surface area contributed by atoms with Gasteiger partial charge in [-0.15, -0.1) is 0 Å². The molecule has 11 nitrogen and oxygen atoms in total. The number of nitrogens with one attached hydrogen (secondary N) is 4. The Morgan fingerprint density at radius 1 is 1.03 bits per heavy atom. The number of hydrogen-bond acceptors (Lipinski definition) is 8. The fraction of sp³-hybridized carbons (Fsp3) is 0.481. The van der Waals surface area contributed by atoms with E-state index in [0.29, 0.717) is 13.0 Å². The van der Waals surface area contributed by atoms with Crippen molar-refractivity contribution in [2.45, 2.75) is 65.3 Å². The van der Waals surface area contributed by atoms with E-state index in [1.165, 1.54) is 11.5 Å². The van der Waals surface area contributed by atoms with Crippen LogP contribution in [-0.2, 0) is 43.4 Å². The van der Waals surface area contributed by atoms with Crippen LogP contribution >= 0.6 is 11.5 Å². The van der Waals surface area contributed by atoms with Crippen LogP contribution in [0.5, 0.6) is 0 Å². The summed E-state index contributed by atoms with van der Waals surface area (Å²) in [6.07, 6.45) is 1.59. The summed E-state index contributed by atoms with van der Waals surface area (Å²) in [6.45, 7) is 7.34. The maximum absolute atomic E-state index is 13.3. The zero-order valence-electron chi connectivity index (χ0n) is 22.5. The van der Waals surface area contributed by atoms with E-state index in [9.17, 15) is 24.0 Å². The first-order chi connectivity index (χ1) is 18.6. The molecule has 39 heavy (non-hydrogen) atoms. The third-order valence-corrected chi connectivity index (χ3v) is 7.20. The normalized spacial score (nSPS) is 17.1. The van der Waals surface area contributed by atoms with Gasteiger partial charge in [0.05, 0.1) is 0 Å². The molecule has 210 valence electrons. The Morgan fingerprint density at radius 3 is 2.36 bits per heavy atom. The molecule has 1 aliphatic rings. The summed E-state index contributed by atoms with van der Waals surface area (Å²) in [5, 5.41) is 10.5. The van der Waals surface area contributed by atoms with Crippen molar-refractivity contribution in [3.8, 4) is 0 Å². The van der Waals surface area contributed by atoms with Gasteiger partial charge < -0.3 is 26.0 Å². The molecule has 0 saturated heterocycles. The predicted octanol–water partition coefficient (Wildman–Crippen LogP) is 1.50. The number of rotatable bonds is 9. The van der Waals surface area contributed by atoms with Crippen LogP contribution in [-0.4, -0.2) is 58.6 Å². The fourth-order valence-electron chi connectivity index (χ4n) is 4.07. The first kappa shape index (κ1) is 29.8. The second-order valence-electron chi connectivity index (χ2n) is 10.1. The van der Waals surface area contributed by atoms with Gasteiger partial charge in [0, 0.05) is 24.0 Å². The Morgan fingerprint density at radius 2 is 1.69 bits per heavy atom. The number of hydrogen-bond donors (Lipinski definition) is 4. The van der Waals surface area contributed by atoms with Crippen LogP contribution in [0.3, 0.4) is 0 Å². The second kappa shape index (κ2) is 13.8. The monoisotopic (exact) mass is 557 g/mol. The molecular weight excluding hydrogens is 522 g/mol. The van der Waals surface area contributed by atoms with E-state index in [1.807, 2.05) is 30.3 Å². The van der Waals surface area contributed by atoms with Crippen LogP contribution in [0.4, 0.5) is 4.79 Å². The fourth-order valence-corrected chi connectivity index (χ4v) is 4.89. The zero-order valence-corrected chi connectivity index (χ0v) is 23.3. The molecule has 0 fully saturated rings. The minimum absolute atomic E-state index is 0.0423. The molecule has 3 atom stereocenters. The van der Waals surface area contributed by atoms with Crippen LogP contribution in [0.2, 0.25) is 0 Å². The number of benzene rings is 1. The minimum Gasteiger partial charge on any atom is -0.445 e. The molecule has 3 rings (SSSR count). The van der Waals surface area contributed by atoms with Crippen LogP contribution in [0.15, 0.2) is 36.5 Å². The highest BCUT2D eigenvalue weighted by Crippen LogP contribution is 2.18. The minimum atomic E-state index is -1.11. The van der Waals surface area contributed by atoms with Crippen LogP contribution < -0.4 is 21.3 Å². The Bertz CT molecular complexity index is 1180. The van der Waals surface area contributed by atoms with Crippen molar-refractivity contribution in [3.05, 3.63) is 52.5 Å². The average Bonchev–Trinajstić information content (AvgIpc) is 3.35. The van der Waals surface area contributed by atoms with Gasteiger partial charge in [-0.2, -0.15) is 0 Å². The number of aromatic nitrogens is 1. The highest BCUT2D eigenvalue weighted by molar-refractivity contribution is 7.05. The summed E-state index contributed by atoms with van der Waals surface area (Å²) in [4.78, 5) is 64.9. The third-order valence-electron chi connectivity index (χ3n) is 6.34. The van der Waals surface area contributed by atoms with Crippen molar-refractivity contribution in [1.82, 2.24) is 25.6 Å². The van der Waals surface area contributed by atoms with Crippen molar-refractivity contribution < 1.29 is 28.7 Å². The Balaban J connectivity index is 1.67. The number of alkyl carbamates (subject to hydrolysis) is 1. The zero-order chi connectivity index (χ0) is 28.5. The maximum atomic E-state index is 13.3. The molecule has 2 heterocycles. The summed E-state index contributed by atoms with van der Waals surface area (Å²) in [5.41, 5.74) is 1.71.